The number of nitrogens with zero attached hydrogens (tertiary/aromatic N) is 2. The topological polar surface area (TPSA) is 24.7 Å². The molecule has 0 saturated carbocycles. The van der Waals surface area contributed by atoms with E-state index in [1.165, 1.54) is 0 Å². The lowest BCUT2D eigenvalue weighted by atomic mass is 11.2. The SMILES string of the molecule is C=I1=CN=CN=C1. The minimum atomic E-state index is -1.10. The molecule has 0 aromatic heterocycles. The molecule has 2 nitrogen and oxygen atoms in total. The molecule has 0 fully saturated rings. The number of halogens is 1. The third-order valence-corrected chi connectivity index (χ3v) is 2.57. The van der Waals surface area contributed by atoms with E-state index in [4.69, 9.17) is 0 Å². The van der Waals surface area contributed by atoms with E-state index in [1.54, 1.807) is 6.34 Å². The lowest BCUT2D eigenvalue weighted by Gasteiger charge is -1.82. The molecule has 0 aliphatic carbocycles. The number of aliphatic imine (C=N–C) groups is 2. The standard InChI is InChI=1S/C4H5IN2/c1-5-2-6-4-7-3-5/h2-4H,1H2. The molecule has 0 unspecified atom stereocenters. The molecule has 38 valence electrons. The molecule has 0 atom stereocenters. The van der Waals surface area contributed by atoms with Crippen molar-refractivity contribution < 1.29 is 0 Å². The minimum Gasteiger partial charge on any atom is -0.239 e. The molecule has 1 rings (SSSR count). The molecule has 3 heteroatoms. The summed E-state index contributed by atoms with van der Waals surface area (Å²) in [6.07, 6.45) is 1.54. The number of rotatable bonds is 0. The van der Waals surface area contributed by atoms with Gasteiger partial charge < -0.3 is 0 Å². The van der Waals surface area contributed by atoms with Crippen LogP contribution < -0.4 is 0 Å². The molecule has 1 aliphatic heterocycles. The van der Waals surface area contributed by atoms with Gasteiger partial charge in [-0.05, 0) is 0 Å². The van der Waals surface area contributed by atoms with Gasteiger partial charge in [0.25, 0.3) is 0 Å². The Bertz CT molecular complexity index is 184. The summed E-state index contributed by atoms with van der Waals surface area (Å²) in [6, 6.07) is 0. The third-order valence-electron chi connectivity index (χ3n) is 0.497. The van der Waals surface area contributed by atoms with E-state index in [-0.39, 0.29) is 0 Å². The fraction of sp³-hybridized carbons (Fsp3) is 0. The van der Waals surface area contributed by atoms with Crippen LogP contribution in [0.5, 0.6) is 0 Å². The van der Waals surface area contributed by atoms with Crippen LogP contribution in [-0.2, 0) is 0 Å². The van der Waals surface area contributed by atoms with Crippen LogP contribution in [0.2, 0.25) is 0 Å². The Kier molecular flexibility index (Phi) is 1.56. The monoisotopic (exact) mass is 208 g/mol. The van der Waals surface area contributed by atoms with Crippen molar-refractivity contribution in [1.82, 2.24) is 0 Å². The molecule has 0 bridgehead atoms. The van der Waals surface area contributed by atoms with Gasteiger partial charge in [0.2, 0.25) is 0 Å². The largest absolute Gasteiger partial charge is 0.239 e. The van der Waals surface area contributed by atoms with Crippen LogP contribution in [0.25, 0.3) is 0 Å². The molecule has 0 radical (unpaired) electrons. The highest BCUT2D eigenvalue weighted by atomic mass is 127. The van der Waals surface area contributed by atoms with Crippen LogP contribution in [0.15, 0.2) is 9.98 Å². The molecule has 0 aromatic rings. The van der Waals surface area contributed by atoms with Gasteiger partial charge in [-0.25, -0.2) is 9.98 Å². The molecule has 0 aromatic carbocycles. The summed E-state index contributed by atoms with van der Waals surface area (Å²) in [7, 11) is 0. The van der Waals surface area contributed by atoms with E-state index >= 15 is 0 Å². The zero-order chi connectivity index (χ0) is 5.11. The minimum absolute atomic E-state index is 1.10. The fourth-order valence-corrected chi connectivity index (χ4v) is 1.52. The van der Waals surface area contributed by atoms with Crippen molar-refractivity contribution >= 4 is 38.1 Å². The molecular weight excluding hydrogens is 203 g/mol. The summed E-state index contributed by atoms with van der Waals surface area (Å²) in [5.41, 5.74) is 0. The zero-order valence-corrected chi connectivity index (χ0v) is 5.87. The molecule has 7 heavy (non-hydrogen) atoms. The summed E-state index contributed by atoms with van der Waals surface area (Å²) in [4.78, 5) is 7.63. The molecule has 0 N–H and O–H groups in total. The van der Waals surface area contributed by atoms with E-state index in [9.17, 15) is 0 Å². The van der Waals surface area contributed by atoms with Gasteiger partial charge in [0.15, 0.2) is 0 Å². The summed E-state index contributed by atoms with van der Waals surface area (Å²) >= 11 is -1.10. The first kappa shape index (κ1) is 4.96. The van der Waals surface area contributed by atoms with Crippen LogP contribution in [0.4, 0.5) is 0 Å². The summed E-state index contributed by atoms with van der Waals surface area (Å²) in [6.45, 7) is 0. The van der Waals surface area contributed by atoms with Crippen LogP contribution in [-0.4, -0.2) is 19.2 Å². The number of hydrogen-bond donors (Lipinski definition) is 0. The zero-order valence-electron chi connectivity index (χ0n) is 3.71. The van der Waals surface area contributed by atoms with Gasteiger partial charge in [0, 0.05) is 0 Å². The van der Waals surface area contributed by atoms with Crippen molar-refractivity contribution in [3.05, 3.63) is 0 Å². The predicted octanol–water partition coefficient (Wildman–Crippen LogP) is 0.755. The van der Waals surface area contributed by atoms with Gasteiger partial charge in [-0.3, -0.25) is 0 Å². The Labute approximate surface area is 48.3 Å². The normalized spacial score (nSPS) is 19.4. The Hall–Kier alpha value is -0.190. The quantitative estimate of drug-likeness (QED) is 0.525. The summed E-state index contributed by atoms with van der Waals surface area (Å²) < 4.78 is 7.64. The van der Waals surface area contributed by atoms with E-state index in [2.05, 4.69) is 14.5 Å². The average molecular weight is 208 g/mol. The smallest absolute Gasteiger partial charge is 0.116 e. The second-order valence-electron chi connectivity index (χ2n) is 1.04. The van der Waals surface area contributed by atoms with Crippen molar-refractivity contribution in [3.8, 4) is 0 Å². The van der Waals surface area contributed by atoms with Crippen LogP contribution >= 0.6 is 18.9 Å². The lowest BCUT2D eigenvalue weighted by Crippen LogP contribution is -1.73. The van der Waals surface area contributed by atoms with Crippen molar-refractivity contribution in [2.75, 3.05) is 0 Å². The maximum atomic E-state index is 3.84. The fourth-order valence-electron chi connectivity index (χ4n) is 0.259. The van der Waals surface area contributed by atoms with Gasteiger partial charge >= 0.3 is 0 Å². The Morgan fingerprint density at radius 2 is 2.29 bits per heavy atom. The van der Waals surface area contributed by atoms with E-state index in [0.29, 0.717) is 0 Å². The summed E-state index contributed by atoms with van der Waals surface area (Å²) in [5, 5.41) is 0. The predicted molar refractivity (Wildman–Crippen MR) is 44.2 cm³/mol. The van der Waals surface area contributed by atoms with Crippen molar-refractivity contribution in [3.63, 3.8) is 0 Å². The van der Waals surface area contributed by atoms with Crippen molar-refractivity contribution in [2.24, 2.45) is 9.98 Å². The molecule has 0 saturated heterocycles. The Morgan fingerprint density at radius 3 is 2.57 bits per heavy atom. The first-order valence-electron chi connectivity index (χ1n) is 1.74. The Balaban J connectivity index is 3.04. The van der Waals surface area contributed by atoms with Crippen molar-refractivity contribution in [2.45, 2.75) is 0 Å². The highest BCUT2D eigenvalue weighted by molar-refractivity contribution is 14.2. The molecule has 1 heterocycles. The first-order valence-corrected chi connectivity index (χ1v) is 5.75. The molecular formula is C4H5IN2. The second kappa shape index (κ2) is 2.20. The van der Waals surface area contributed by atoms with Gasteiger partial charge in [-0.2, -0.15) is 0 Å². The molecule has 0 spiro atoms. The first-order chi connectivity index (χ1) is 3.39. The van der Waals surface area contributed by atoms with Crippen LogP contribution in [0, 0.1) is 0 Å². The summed E-state index contributed by atoms with van der Waals surface area (Å²) in [5.74, 6) is 0. The molecule has 0 amide bonds. The second-order valence-corrected chi connectivity index (χ2v) is 4.64. The van der Waals surface area contributed by atoms with Gasteiger partial charge in [0.05, 0.1) is 8.36 Å². The highest BCUT2D eigenvalue weighted by Crippen LogP contribution is 2.00. The maximum absolute atomic E-state index is 3.84. The van der Waals surface area contributed by atoms with Crippen LogP contribution in [0.3, 0.4) is 0 Å². The van der Waals surface area contributed by atoms with Crippen LogP contribution in [0.1, 0.15) is 0 Å². The maximum Gasteiger partial charge on any atom is 0.116 e. The number of hydrogen-bond acceptors (Lipinski definition) is 2. The lowest BCUT2D eigenvalue weighted by molar-refractivity contribution is 1.74. The molecule has 1 aliphatic rings. The third kappa shape index (κ3) is 1.38. The van der Waals surface area contributed by atoms with Gasteiger partial charge in [-0.15, -0.1) is 0 Å². The Morgan fingerprint density at radius 1 is 1.43 bits per heavy atom. The van der Waals surface area contributed by atoms with E-state index in [0.717, 1.165) is 0 Å². The van der Waals surface area contributed by atoms with E-state index < -0.39 is 18.9 Å². The highest BCUT2D eigenvalue weighted by Gasteiger charge is 1.72. The average Bonchev–Trinajstić information content (AvgIpc) is 1.69. The van der Waals surface area contributed by atoms with Gasteiger partial charge in [0.1, 0.15) is 6.34 Å². The van der Waals surface area contributed by atoms with Crippen molar-refractivity contribution in [1.29, 1.82) is 0 Å². The van der Waals surface area contributed by atoms with E-state index in [1.807, 2.05) is 8.36 Å². The van der Waals surface area contributed by atoms with Gasteiger partial charge in [-0.1, -0.05) is 23.4 Å².